The Hall–Kier alpha value is -3.70. The van der Waals surface area contributed by atoms with Gasteiger partial charge < -0.3 is 19.5 Å². The predicted octanol–water partition coefficient (Wildman–Crippen LogP) is 2.37. The van der Waals surface area contributed by atoms with Gasteiger partial charge in [0, 0.05) is 35.6 Å². The molecule has 0 radical (unpaired) electrons. The smallest absolute Gasteiger partial charge is 0.408 e. The number of nitrogens with zero attached hydrogens (tertiary/aromatic N) is 2. The SMILES string of the molecule is C#C[C@@H]1CN(C(=O)C(=O)Nc2ccc3[nH]c(=O)oc3c2)CCN1c1ccc(Cl)c(C)c1. The molecule has 0 aliphatic carbocycles. The Balaban J connectivity index is 1.44. The molecular weight excluding hydrogens is 420 g/mol. The molecular formula is C22H19ClN4O4. The van der Waals surface area contributed by atoms with E-state index in [-0.39, 0.29) is 18.2 Å². The van der Waals surface area contributed by atoms with E-state index in [1.54, 1.807) is 12.1 Å². The van der Waals surface area contributed by atoms with Gasteiger partial charge >= 0.3 is 17.6 Å². The number of aryl methyl sites for hydroxylation is 1. The molecule has 158 valence electrons. The number of fused-ring (bicyclic) bond motifs is 1. The van der Waals surface area contributed by atoms with Crippen molar-refractivity contribution in [3.05, 3.63) is 57.5 Å². The van der Waals surface area contributed by atoms with Crippen molar-refractivity contribution in [1.82, 2.24) is 9.88 Å². The van der Waals surface area contributed by atoms with Gasteiger partial charge in [0.2, 0.25) is 0 Å². The van der Waals surface area contributed by atoms with Crippen molar-refractivity contribution in [1.29, 1.82) is 0 Å². The number of hydrogen-bond acceptors (Lipinski definition) is 5. The highest BCUT2D eigenvalue weighted by atomic mass is 35.5. The van der Waals surface area contributed by atoms with Crippen LogP contribution in [0.1, 0.15) is 5.56 Å². The zero-order valence-electron chi connectivity index (χ0n) is 16.6. The molecule has 3 aromatic rings. The molecule has 2 N–H and O–H groups in total. The number of H-pyrrole nitrogens is 1. The second-order valence-corrected chi connectivity index (χ2v) is 7.65. The molecule has 31 heavy (non-hydrogen) atoms. The second kappa shape index (κ2) is 8.20. The number of amides is 2. The minimum Gasteiger partial charge on any atom is -0.408 e. The van der Waals surface area contributed by atoms with Crippen molar-refractivity contribution >= 4 is 45.9 Å². The number of halogens is 1. The summed E-state index contributed by atoms with van der Waals surface area (Å²) >= 11 is 6.11. The first-order valence-corrected chi connectivity index (χ1v) is 9.95. The Morgan fingerprint density at radius 3 is 2.81 bits per heavy atom. The van der Waals surface area contributed by atoms with Crippen LogP contribution >= 0.6 is 11.6 Å². The summed E-state index contributed by atoms with van der Waals surface area (Å²) in [6.07, 6.45) is 5.72. The lowest BCUT2D eigenvalue weighted by atomic mass is 10.1. The molecule has 0 saturated carbocycles. The highest BCUT2D eigenvalue weighted by Crippen LogP contribution is 2.26. The Kier molecular flexibility index (Phi) is 5.44. The third-order valence-electron chi connectivity index (χ3n) is 5.21. The molecule has 0 unspecified atom stereocenters. The minimum absolute atomic E-state index is 0.218. The van der Waals surface area contributed by atoms with Gasteiger partial charge in [-0.1, -0.05) is 17.5 Å². The summed E-state index contributed by atoms with van der Waals surface area (Å²) in [6, 6.07) is 9.91. The Labute approximate surface area is 182 Å². The number of anilines is 2. The van der Waals surface area contributed by atoms with Crippen LogP contribution in [0.4, 0.5) is 11.4 Å². The number of hydrogen-bond donors (Lipinski definition) is 2. The first-order chi connectivity index (χ1) is 14.9. The lowest BCUT2D eigenvalue weighted by Crippen LogP contribution is -2.56. The number of terminal acetylenes is 1. The fourth-order valence-electron chi connectivity index (χ4n) is 3.58. The molecule has 2 amide bonds. The first-order valence-electron chi connectivity index (χ1n) is 9.58. The maximum Gasteiger partial charge on any atom is 0.417 e. The number of carbonyl (C=O) groups is 2. The van der Waals surface area contributed by atoms with E-state index in [9.17, 15) is 14.4 Å². The monoisotopic (exact) mass is 438 g/mol. The molecule has 2 heterocycles. The molecule has 1 saturated heterocycles. The number of oxazole rings is 1. The van der Waals surface area contributed by atoms with E-state index in [2.05, 4.69) is 16.2 Å². The van der Waals surface area contributed by atoms with E-state index >= 15 is 0 Å². The molecule has 1 fully saturated rings. The third kappa shape index (κ3) is 4.13. The fraction of sp³-hybridized carbons (Fsp3) is 0.227. The number of carbonyl (C=O) groups excluding carboxylic acids is 2. The van der Waals surface area contributed by atoms with Crippen LogP contribution in [0.25, 0.3) is 11.1 Å². The summed E-state index contributed by atoms with van der Waals surface area (Å²) in [5.74, 6) is 0.644. The van der Waals surface area contributed by atoms with Crippen LogP contribution in [0.15, 0.2) is 45.6 Å². The van der Waals surface area contributed by atoms with E-state index in [1.807, 2.05) is 30.0 Å². The zero-order chi connectivity index (χ0) is 22.1. The summed E-state index contributed by atoms with van der Waals surface area (Å²) in [7, 11) is 0. The number of nitrogens with one attached hydrogen (secondary N) is 2. The second-order valence-electron chi connectivity index (χ2n) is 7.24. The van der Waals surface area contributed by atoms with Gasteiger partial charge in [-0.05, 0) is 42.8 Å². The summed E-state index contributed by atoms with van der Waals surface area (Å²) < 4.78 is 4.97. The molecule has 1 aromatic heterocycles. The molecule has 0 spiro atoms. The quantitative estimate of drug-likeness (QED) is 0.473. The molecule has 9 heteroatoms. The van der Waals surface area contributed by atoms with Gasteiger partial charge in [-0.3, -0.25) is 14.6 Å². The van der Waals surface area contributed by atoms with Crippen molar-refractivity contribution in [2.75, 3.05) is 29.9 Å². The number of piperazine rings is 1. The Morgan fingerprint density at radius 1 is 1.26 bits per heavy atom. The number of rotatable bonds is 2. The minimum atomic E-state index is -0.788. The molecule has 0 bridgehead atoms. The molecule has 1 atom stereocenters. The van der Waals surface area contributed by atoms with E-state index in [0.29, 0.717) is 29.3 Å². The Morgan fingerprint density at radius 2 is 2.06 bits per heavy atom. The van der Waals surface area contributed by atoms with E-state index in [4.69, 9.17) is 22.4 Å². The van der Waals surface area contributed by atoms with Gasteiger partial charge in [0.25, 0.3) is 0 Å². The lowest BCUT2D eigenvalue weighted by Gasteiger charge is -2.40. The standard InChI is InChI=1S/C22H19ClN4O4/c1-3-15-12-26(8-9-27(15)16-5-6-17(23)13(2)10-16)21(29)20(28)24-14-4-7-18-19(11-14)31-22(30)25-18/h1,4-7,10-11,15H,8-9,12H2,2H3,(H,24,28)(H,25,30)/t15-/m1/s1. The van der Waals surface area contributed by atoms with Gasteiger partial charge in [0.05, 0.1) is 12.1 Å². The van der Waals surface area contributed by atoms with Gasteiger partial charge in [-0.25, -0.2) is 4.79 Å². The average Bonchev–Trinajstić information content (AvgIpc) is 3.14. The third-order valence-corrected chi connectivity index (χ3v) is 5.63. The topological polar surface area (TPSA) is 98.7 Å². The van der Waals surface area contributed by atoms with Gasteiger partial charge in [-0.15, -0.1) is 6.42 Å². The number of aromatic nitrogens is 1. The van der Waals surface area contributed by atoms with E-state index in [1.165, 1.54) is 11.0 Å². The molecule has 2 aromatic carbocycles. The van der Waals surface area contributed by atoms with Crippen molar-refractivity contribution in [2.45, 2.75) is 13.0 Å². The molecule has 1 aliphatic heterocycles. The van der Waals surface area contributed by atoms with Crippen LogP contribution in [-0.2, 0) is 9.59 Å². The van der Waals surface area contributed by atoms with Crippen molar-refractivity contribution in [3.63, 3.8) is 0 Å². The highest BCUT2D eigenvalue weighted by molar-refractivity contribution is 6.39. The van der Waals surface area contributed by atoms with Crippen LogP contribution in [0.5, 0.6) is 0 Å². The summed E-state index contributed by atoms with van der Waals surface area (Å²) in [5.41, 5.74) is 2.98. The lowest BCUT2D eigenvalue weighted by molar-refractivity contribution is -0.143. The summed E-state index contributed by atoms with van der Waals surface area (Å²) in [4.78, 5) is 42.4. The predicted molar refractivity (Wildman–Crippen MR) is 118 cm³/mol. The summed E-state index contributed by atoms with van der Waals surface area (Å²) in [5, 5.41) is 3.21. The summed E-state index contributed by atoms with van der Waals surface area (Å²) in [6.45, 7) is 2.96. The first kappa shape index (κ1) is 20.6. The van der Waals surface area contributed by atoms with Crippen molar-refractivity contribution in [2.24, 2.45) is 0 Å². The average molecular weight is 439 g/mol. The van der Waals surface area contributed by atoms with Gasteiger partial charge in [0.1, 0.15) is 6.04 Å². The zero-order valence-corrected chi connectivity index (χ0v) is 17.4. The van der Waals surface area contributed by atoms with Crippen LogP contribution < -0.4 is 16.0 Å². The molecule has 8 nitrogen and oxygen atoms in total. The number of aromatic amines is 1. The van der Waals surface area contributed by atoms with Gasteiger partial charge in [-0.2, -0.15) is 0 Å². The normalized spacial score (nSPS) is 16.2. The maximum atomic E-state index is 12.7. The highest BCUT2D eigenvalue weighted by Gasteiger charge is 2.31. The maximum absolute atomic E-state index is 12.7. The largest absolute Gasteiger partial charge is 0.417 e. The number of benzene rings is 2. The van der Waals surface area contributed by atoms with Gasteiger partial charge in [0.15, 0.2) is 5.58 Å². The molecule has 1 aliphatic rings. The van der Waals surface area contributed by atoms with Crippen LogP contribution in [0.3, 0.4) is 0 Å². The molecule has 4 rings (SSSR count). The Bertz CT molecular complexity index is 1270. The van der Waals surface area contributed by atoms with Crippen LogP contribution in [0.2, 0.25) is 5.02 Å². The fourth-order valence-corrected chi connectivity index (χ4v) is 3.70. The van der Waals surface area contributed by atoms with E-state index < -0.39 is 17.6 Å². The van der Waals surface area contributed by atoms with Crippen LogP contribution in [-0.4, -0.2) is 47.4 Å². The van der Waals surface area contributed by atoms with Crippen LogP contribution in [0, 0.1) is 19.3 Å². The van der Waals surface area contributed by atoms with E-state index in [0.717, 1.165) is 11.3 Å². The van der Waals surface area contributed by atoms with Crippen molar-refractivity contribution < 1.29 is 14.0 Å². The van der Waals surface area contributed by atoms with Crippen molar-refractivity contribution in [3.8, 4) is 12.3 Å².